The van der Waals surface area contributed by atoms with Crippen LogP contribution < -0.4 is 4.74 Å². The van der Waals surface area contributed by atoms with Crippen LogP contribution in [0.2, 0.25) is 0 Å². The van der Waals surface area contributed by atoms with Crippen LogP contribution in [0.15, 0.2) is 36.7 Å². The maximum Gasteiger partial charge on any atom is 0.257 e. The molecule has 1 saturated heterocycles. The number of ether oxygens (including phenoxy) is 2. The summed E-state index contributed by atoms with van der Waals surface area (Å²) in [6.45, 7) is 5.01. The highest BCUT2D eigenvalue weighted by Gasteiger charge is 2.28. The Kier molecular flexibility index (Phi) is 6.06. The van der Waals surface area contributed by atoms with Gasteiger partial charge in [0, 0.05) is 38.0 Å². The minimum atomic E-state index is 0.0169. The van der Waals surface area contributed by atoms with Crippen molar-refractivity contribution in [3.63, 3.8) is 0 Å². The first-order valence-electron chi connectivity index (χ1n) is 8.87. The predicted molar refractivity (Wildman–Crippen MR) is 94.9 cm³/mol. The minimum absolute atomic E-state index is 0.0169. The van der Waals surface area contributed by atoms with Gasteiger partial charge in [-0.15, -0.1) is 0 Å². The number of amides is 1. The summed E-state index contributed by atoms with van der Waals surface area (Å²) in [4.78, 5) is 22.4. The van der Waals surface area contributed by atoms with E-state index in [9.17, 15) is 4.79 Å². The SMILES string of the molecule is CCOCCOc1ccccc1C(=O)N1CCC[C@H](c2ncc[nH]2)C1. The molecule has 2 heterocycles. The van der Waals surface area contributed by atoms with E-state index in [0.29, 0.717) is 37.7 Å². The van der Waals surface area contributed by atoms with Gasteiger partial charge in [-0.05, 0) is 31.9 Å². The van der Waals surface area contributed by atoms with E-state index in [-0.39, 0.29) is 11.8 Å². The number of rotatable bonds is 7. The van der Waals surface area contributed by atoms with E-state index in [2.05, 4.69) is 9.97 Å². The van der Waals surface area contributed by atoms with E-state index in [0.717, 1.165) is 25.2 Å². The van der Waals surface area contributed by atoms with E-state index in [4.69, 9.17) is 9.47 Å². The van der Waals surface area contributed by atoms with Gasteiger partial charge >= 0.3 is 0 Å². The lowest BCUT2D eigenvalue weighted by Gasteiger charge is -2.32. The van der Waals surface area contributed by atoms with E-state index >= 15 is 0 Å². The van der Waals surface area contributed by atoms with Crippen molar-refractivity contribution in [1.82, 2.24) is 14.9 Å². The lowest BCUT2D eigenvalue weighted by molar-refractivity contribution is 0.0695. The molecule has 1 N–H and O–H groups in total. The number of aromatic nitrogens is 2. The summed E-state index contributed by atoms with van der Waals surface area (Å²) < 4.78 is 11.1. The number of aromatic amines is 1. The lowest BCUT2D eigenvalue weighted by Crippen LogP contribution is -2.39. The predicted octanol–water partition coefficient (Wildman–Crippen LogP) is 2.84. The number of nitrogens with one attached hydrogen (secondary N) is 1. The maximum atomic E-state index is 13.0. The monoisotopic (exact) mass is 343 g/mol. The molecule has 1 aliphatic rings. The van der Waals surface area contributed by atoms with Gasteiger partial charge in [0.15, 0.2) is 0 Å². The average Bonchev–Trinajstić information content (AvgIpc) is 3.20. The number of piperidine rings is 1. The van der Waals surface area contributed by atoms with Crippen molar-refractivity contribution >= 4 is 5.91 Å². The number of likely N-dealkylation sites (tertiary alicyclic amines) is 1. The standard InChI is InChI=1S/C19H25N3O3/c1-2-24-12-13-25-17-8-4-3-7-16(17)19(23)22-11-5-6-15(14-22)18-20-9-10-21-18/h3-4,7-10,15H,2,5-6,11-14H2,1H3,(H,20,21)/t15-/m0/s1. The summed E-state index contributed by atoms with van der Waals surface area (Å²) in [5, 5.41) is 0. The van der Waals surface area contributed by atoms with Crippen molar-refractivity contribution in [1.29, 1.82) is 0 Å². The number of benzene rings is 1. The van der Waals surface area contributed by atoms with Crippen LogP contribution in [0.5, 0.6) is 5.75 Å². The zero-order valence-electron chi connectivity index (χ0n) is 14.6. The van der Waals surface area contributed by atoms with Crippen molar-refractivity contribution in [2.24, 2.45) is 0 Å². The molecular formula is C19H25N3O3. The van der Waals surface area contributed by atoms with Gasteiger partial charge in [0.2, 0.25) is 0 Å². The van der Waals surface area contributed by atoms with Crippen LogP contribution in [0.1, 0.15) is 41.9 Å². The van der Waals surface area contributed by atoms with E-state index in [1.54, 1.807) is 6.20 Å². The largest absolute Gasteiger partial charge is 0.490 e. The van der Waals surface area contributed by atoms with Gasteiger partial charge in [-0.1, -0.05) is 12.1 Å². The van der Waals surface area contributed by atoms with Gasteiger partial charge in [-0.2, -0.15) is 0 Å². The van der Waals surface area contributed by atoms with Crippen LogP contribution in [0.3, 0.4) is 0 Å². The molecule has 0 spiro atoms. The maximum absolute atomic E-state index is 13.0. The first kappa shape index (κ1) is 17.5. The molecule has 1 aliphatic heterocycles. The molecule has 0 saturated carbocycles. The number of imidazole rings is 1. The summed E-state index contributed by atoms with van der Waals surface area (Å²) in [6, 6.07) is 7.42. The Morgan fingerprint density at radius 3 is 3.04 bits per heavy atom. The topological polar surface area (TPSA) is 67.5 Å². The molecule has 0 radical (unpaired) electrons. The second-order valence-corrected chi connectivity index (χ2v) is 6.11. The third-order valence-corrected chi connectivity index (χ3v) is 4.42. The number of carbonyl (C=O) groups excluding carboxylic acids is 1. The summed E-state index contributed by atoms with van der Waals surface area (Å²) in [5.41, 5.74) is 0.610. The highest BCUT2D eigenvalue weighted by molar-refractivity contribution is 5.97. The van der Waals surface area contributed by atoms with Gasteiger partial charge in [0.05, 0.1) is 12.2 Å². The average molecular weight is 343 g/mol. The summed E-state index contributed by atoms with van der Waals surface area (Å²) in [5.74, 6) is 1.85. The number of hydrogen-bond acceptors (Lipinski definition) is 4. The van der Waals surface area contributed by atoms with Crippen LogP contribution in [0, 0.1) is 0 Å². The minimum Gasteiger partial charge on any atom is -0.490 e. The van der Waals surface area contributed by atoms with Crippen molar-refractivity contribution in [2.75, 3.05) is 32.9 Å². The summed E-state index contributed by atoms with van der Waals surface area (Å²) >= 11 is 0. The second kappa shape index (κ2) is 8.67. The molecule has 3 rings (SSSR count). The van der Waals surface area contributed by atoms with Gasteiger partial charge < -0.3 is 19.4 Å². The molecule has 6 nitrogen and oxygen atoms in total. The molecule has 1 aromatic heterocycles. The molecule has 2 aromatic rings. The number of H-pyrrole nitrogens is 1. The van der Waals surface area contributed by atoms with Crippen molar-refractivity contribution in [3.8, 4) is 5.75 Å². The Morgan fingerprint density at radius 1 is 1.36 bits per heavy atom. The van der Waals surface area contributed by atoms with Gasteiger partial charge in [0.25, 0.3) is 5.91 Å². The van der Waals surface area contributed by atoms with Crippen LogP contribution in [-0.4, -0.2) is 53.7 Å². The number of hydrogen-bond donors (Lipinski definition) is 1. The van der Waals surface area contributed by atoms with E-state index in [1.165, 1.54) is 0 Å². The first-order chi connectivity index (χ1) is 12.3. The van der Waals surface area contributed by atoms with Crippen LogP contribution in [0.4, 0.5) is 0 Å². The summed E-state index contributed by atoms with van der Waals surface area (Å²) in [6.07, 6.45) is 5.61. The molecule has 0 unspecified atom stereocenters. The molecule has 1 fully saturated rings. The first-order valence-corrected chi connectivity index (χ1v) is 8.87. The van der Waals surface area contributed by atoms with Gasteiger partial charge in [-0.3, -0.25) is 4.79 Å². The molecular weight excluding hydrogens is 318 g/mol. The zero-order valence-corrected chi connectivity index (χ0v) is 14.6. The lowest BCUT2D eigenvalue weighted by atomic mass is 9.96. The molecule has 6 heteroatoms. The van der Waals surface area contributed by atoms with Gasteiger partial charge in [-0.25, -0.2) is 4.98 Å². The number of nitrogens with zero attached hydrogens (tertiary/aromatic N) is 2. The number of carbonyl (C=O) groups is 1. The molecule has 25 heavy (non-hydrogen) atoms. The molecule has 0 bridgehead atoms. The Morgan fingerprint density at radius 2 is 2.24 bits per heavy atom. The van der Waals surface area contributed by atoms with E-state index < -0.39 is 0 Å². The fourth-order valence-corrected chi connectivity index (χ4v) is 3.18. The quantitative estimate of drug-likeness (QED) is 0.785. The summed E-state index contributed by atoms with van der Waals surface area (Å²) in [7, 11) is 0. The van der Waals surface area contributed by atoms with Crippen molar-refractivity contribution in [2.45, 2.75) is 25.7 Å². The van der Waals surface area contributed by atoms with Crippen LogP contribution in [-0.2, 0) is 4.74 Å². The molecule has 1 atom stereocenters. The highest BCUT2D eigenvalue weighted by Crippen LogP contribution is 2.27. The molecule has 134 valence electrons. The zero-order chi connectivity index (χ0) is 17.5. The Balaban J connectivity index is 1.67. The van der Waals surface area contributed by atoms with Gasteiger partial charge in [0.1, 0.15) is 18.2 Å². The van der Waals surface area contributed by atoms with Crippen LogP contribution in [0.25, 0.3) is 0 Å². The van der Waals surface area contributed by atoms with Crippen LogP contribution >= 0.6 is 0 Å². The third-order valence-electron chi connectivity index (χ3n) is 4.42. The van der Waals surface area contributed by atoms with E-state index in [1.807, 2.05) is 42.3 Å². The fourth-order valence-electron chi connectivity index (χ4n) is 3.18. The Hall–Kier alpha value is -2.34. The smallest absolute Gasteiger partial charge is 0.257 e. The number of para-hydroxylation sites is 1. The van der Waals surface area contributed by atoms with Crippen molar-refractivity contribution < 1.29 is 14.3 Å². The molecule has 1 amide bonds. The Labute approximate surface area is 148 Å². The fraction of sp³-hybridized carbons (Fsp3) is 0.474. The molecule has 0 aliphatic carbocycles. The third kappa shape index (κ3) is 4.39. The molecule has 1 aromatic carbocycles. The normalized spacial score (nSPS) is 17.5. The van der Waals surface area contributed by atoms with Crippen molar-refractivity contribution in [3.05, 3.63) is 48.0 Å². The second-order valence-electron chi connectivity index (χ2n) is 6.11. The highest BCUT2D eigenvalue weighted by atomic mass is 16.5. The Bertz CT molecular complexity index is 672.